The summed E-state index contributed by atoms with van der Waals surface area (Å²) >= 11 is 0. The first-order valence-electron chi connectivity index (χ1n) is 11.2. The van der Waals surface area contributed by atoms with Crippen LogP contribution in [0.1, 0.15) is 63.8 Å². The zero-order valence-corrected chi connectivity index (χ0v) is 19.2. The van der Waals surface area contributed by atoms with Gasteiger partial charge in [0.1, 0.15) is 5.75 Å². The van der Waals surface area contributed by atoms with Crippen molar-refractivity contribution < 1.29 is 14.3 Å². The average Bonchev–Trinajstić information content (AvgIpc) is 2.72. The van der Waals surface area contributed by atoms with Crippen molar-refractivity contribution in [3.63, 3.8) is 0 Å². The second kappa shape index (κ2) is 9.99. The lowest BCUT2D eigenvalue weighted by Gasteiger charge is -2.38. The normalized spacial score (nSPS) is 16.7. The minimum Gasteiger partial charge on any atom is -0.481 e. The van der Waals surface area contributed by atoms with Crippen LogP contribution < -0.4 is 10.1 Å². The SMILES string of the molecule is CC(C)CC(=O)N1CCc2ccc(OC(C)C(=O)NC(C)C)cc2C1c1ccccc1. The Morgan fingerprint density at radius 2 is 1.77 bits per heavy atom. The monoisotopic (exact) mass is 422 g/mol. The summed E-state index contributed by atoms with van der Waals surface area (Å²) in [6.45, 7) is 10.5. The number of nitrogens with zero attached hydrogens (tertiary/aromatic N) is 1. The number of amides is 2. The molecule has 0 saturated heterocycles. The summed E-state index contributed by atoms with van der Waals surface area (Å²) in [7, 11) is 0. The van der Waals surface area contributed by atoms with Crippen molar-refractivity contribution in [3.8, 4) is 5.75 Å². The zero-order chi connectivity index (χ0) is 22.5. The van der Waals surface area contributed by atoms with Gasteiger partial charge in [-0.25, -0.2) is 0 Å². The van der Waals surface area contributed by atoms with E-state index in [4.69, 9.17) is 4.74 Å². The largest absolute Gasteiger partial charge is 0.481 e. The molecular weight excluding hydrogens is 388 g/mol. The third-order valence-electron chi connectivity index (χ3n) is 5.48. The third-order valence-corrected chi connectivity index (χ3v) is 5.48. The molecule has 2 aromatic carbocycles. The number of carbonyl (C=O) groups is 2. The Hall–Kier alpha value is -2.82. The molecule has 2 amide bonds. The quantitative estimate of drug-likeness (QED) is 0.715. The number of nitrogens with one attached hydrogen (secondary N) is 1. The van der Waals surface area contributed by atoms with E-state index in [9.17, 15) is 9.59 Å². The Bertz CT molecular complexity index is 908. The van der Waals surface area contributed by atoms with Crippen LogP contribution in [-0.2, 0) is 16.0 Å². The Morgan fingerprint density at radius 1 is 1.06 bits per heavy atom. The Kier molecular flexibility index (Phi) is 7.37. The number of hydrogen-bond acceptors (Lipinski definition) is 3. The highest BCUT2D eigenvalue weighted by Crippen LogP contribution is 2.37. The molecule has 0 radical (unpaired) electrons. The van der Waals surface area contributed by atoms with Crippen molar-refractivity contribution in [1.82, 2.24) is 10.2 Å². The van der Waals surface area contributed by atoms with Crippen molar-refractivity contribution in [2.24, 2.45) is 5.92 Å². The molecule has 1 heterocycles. The fourth-order valence-corrected chi connectivity index (χ4v) is 4.06. The highest BCUT2D eigenvalue weighted by Gasteiger charge is 2.32. The molecule has 0 bridgehead atoms. The lowest BCUT2D eigenvalue weighted by atomic mass is 9.87. The van der Waals surface area contributed by atoms with Gasteiger partial charge < -0.3 is 15.0 Å². The van der Waals surface area contributed by atoms with Gasteiger partial charge in [0.15, 0.2) is 6.10 Å². The predicted molar refractivity (Wildman–Crippen MR) is 123 cm³/mol. The molecule has 0 spiro atoms. The van der Waals surface area contributed by atoms with E-state index in [1.165, 1.54) is 5.56 Å². The summed E-state index contributed by atoms with van der Waals surface area (Å²) in [5, 5.41) is 2.88. The molecule has 0 aliphatic carbocycles. The van der Waals surface area contributed by atoms with Gasteiger partial charge in [-0.3, -0.25) is 9.59 Å². The molecule has 0 saturated carbocycles. The fourth-order valence-electron chi connectivity index (χ4n) is 4.06. The summed E-state index contributed by atoms with van der Waals surface area (Å²) in [5.41, 5.74) is 3.38. The smallest absolute Gasteiger partial charge is 0.260 e. The van der Waals surface area contributed by atoms with Crippen molar-refractivity contribution in [2.75, 3.05) is 6.54 Å². The molecule has 166 valence electrons. The summed E-state index contributed by atoms with van der Waals surface area (Å²) < 4.78 is 5.97. The molecule has 31 heavy (non-hydrogen) atoms. The van der Waals surface area contributed by atoms with Crippen LogP contribution in [0.5, 0.6) is 5.75 Å². The molecule has 5 nitrogen and oxygen atoms in total. The van der Waals surface area contributed by atoms with Crippen LogP contribution in [0, 0.1) is 5.92 Å². The molecule has 2 aromatic rings. The Balaban J connectivity index is 1.94. The van der Waals surface area contributed by atoms with Gasteiger partial charge in [-0.15, -0.1) is 0 Å². The molecular formula is C26H34N2O3. The van der Waals surface area contributed by atoms with Crippen LogP contribution in [-0.4, -0.2) is 35.4 Å². The maximum absolute atomic E-state index is 13.1. The van der Waals surface area contributed by atoms with E-state index in [2.05, 4.69) is 37.4 Å². The molecule has 5 heteroatoms. The maximum Gasteiger partial charge on any atom is 0.260 e. The first-order valence-corrected chi connectivity index (χ1v) is 11.2. The molecule has 1 N–H and O–H groups in total. The molecule has 2 atom stereocenters. The summed E-state index contributed by atoms with van der Waals surface area (Å²) in [6.07, 6.45) is 0.742. The van der Waals surface area contributed by atoms with Crippen molar-refractivity contribution in [1.29, 1.82) is 0 Å². The van der Waals surface area contributed by atoms with Gasteiger partial charge >= 0.3 is 0 Å². The second-order valence-corrected chi connectivity index (χ2v) is 9.03. The van der Waals surface area contributed by atoms with Gasteiger partial charge in [0.05, 0.1) is 6.04 Å². The average molecular weight is 423 g/mol. The minimum absolute atomic E-state index is 0.0603. The topological polar surface area (TPSA) is 58.6 Å². The third kappa shape index (κ3) is 5.66. The van der Waals surface area contributed by atoms with Gasteiger partial charge in [0.2, 0.25) is 5.91 Å². The molecule has 3 rings (SSSR count). The predicted octanol–water partition coefficient (Wildman–Crippen LogP) is 4.50. The Labute approximate surface area is 185 Å². The van der Waals surface area contributed by atoms with Crippen molar-refractivity contribution in [2.45, 2.75) is 65.6 Å². The number of ether oxygens (including phenoxy) is 1. The number of benzene rings is 2. The molecule has 0 fully saturated rings. The van der Waals surface area contributed by atoms with Gasteiger partial charge in [-0.1, -0.05) is 50.2 Å². The summed E-state index contributed by atoms with van der Waals surface area (Å²) in [6, 6.07) is 16.0. The summed E-state index contributed by atoms with van der Waals surface area (Å²) in [5.74, 6) is 0.983. The van der Waals surface area contributed by atoms with E-state index >= 15 is 0 Å². The highest BCUT2D eigenvalue weighted by atomic mass is 16.5. The van der Waals surface area contributed by atoms with Crippen LogP contribution in [0.2, 0.25) is 0 Å². The van der Waals surface area contributed by atoms with E-state index in [1.807, 2.05) is 49.1 Å². The minimum atomic E-state index is -0.599. The van der Waals surface area contributed by atoms with Crippen LogP contribution in [0.3, 0.4) is 0 Å². The standard InChI is InChI=1S/C26H34N2O3/c1-17(2)15-24(29)28-14-13-20-11-12-22(31-19(5)26(30)27-18(3)4)16-23(20)25(28)21-9-7-6-8-10-21/h6-12,16-19,25H,13-15H2,1-5H3,(H,27,30). The molecule has 1 aliphatic heterocycles. The first-order chi connectivity index (χ1) is 14.8. The number of carbonyl (C=O) groups excluding carboxylic acids is 2. The van der Waals surface area contributed by atoms with Crippen LogP contribution in [0.4, 0.5) is 0 Å². The van der Waals surface area contributed by atoms with E-state index in [0.717, 1.165) is 17.5 Å². The number of rotatable bonds is 7. The molecule has 0 aromatic heterocycles. The van der Waals surface area contributed by atoms with E-state index in [1.54, 1.807) is 6.92 Å². The number of fused-ring (bicyclic) bond motifs is 1. The Morgan fingerprint density at radius 3 is 2.42 bits per heavy atom. The van der Waals surface area contributed by atoms with E-state index in [0.29, 0.717) is 24.6 Å². The lowest BCUT2D eigenvalue weighted by molar-refractivity contribution is -0.134. The van der Waals surface area contributed by atoms with Crippen molar-refractivity contribution >= 4 is 11.8 Å². The van der Waals surface area contributed by atoms with Gasteiger partial charge in [-0.2, -0.15) is 0 Å². The zero-order valence-electron chi connectivity index (χ0n) is 19.2. The number of hydrogen-bond donors (Lipinski definition) is 1. The molecule has 1 aliphatic rings. The van der Waals surface area contributed by atoms with Crippen LogP contribution in [0.25, 0.3) is 0 Å². The van der Waals surface area contributed by atoms with Crippen LogP contribution >= 0.6 is 0 Å². The van der Waals surface area contributed by atoms with E-state index in [-0.39, 0.29) is 23.9 Å². The fraction of sp³-hybridized carbons (Fsp3) is 0.462. The van der Waals surface area contributed by atoms with E-state index < -0.39 is 6.10 Å². The first kappa shape index (κ1) is 22.9. The van der Waals surface area contributed by atoms with Gasteiger partial charge in [-0.05, 0) is 61.9 Å². The lowest BCUT2D eigenvalue weighted by Crippen LogP contribution is -2.41. The van der Waals surface area contributed by atoms with Gasteiger partial charge in [0.25, 0.3) is 5.91 Å². The molecule has 2 unspecified atom stereocenters. The summed E-state index contributed by atoms with van der Waals surface area (Å²) in [4.78, 5) is 27.4. The van der Waals surface area contributed by atoms with Crippen molar-refractivity contribution in [3.05, 3.63) is 65.2 Å². The maximum atomic E-state index is 13.1. The van der Waals surface area contributed by atoms with Crippen LogP contribution in [0.15, 0.2) is 48.5 Å². The second-order valence-electron chi connectivity index (χ2n) is 9.03. The highest BCUT2D eigenvalue weighted by molar-refractivity contribution is 5.81. The van der Waals surface area contributed by atoms with Gasteiger partial charge in [0, 0.05) is 19.0 Å².